The second kappa shape index (κ2) is 7.46. The number of halogens is 2. The molecule has 23 heavy (non-hydrogen) atoms. The zero-order chi connectivity index (χ0) is 17.0. The van der Waals surface area contributed by atoms with E-state index >= 15 is 0 Å². The first-order valence-corrected chi connectivity index (χ1v) is 7.70. The normalized spacial score (nSPS) is 10.3. The summed E-state index contributed by atoms with van der Waals surface area (Å²) in [6, 6.07) is 7.91. The Balaban J connectivity index is 2.12. The number of rotatable bonds is 5. The molecule has 2 aromatic rings. The highest BCUT2D eigenvalue weighted by molar-refractivity contribution is 9.10. The molecule has 0 spiro atoms. The van der Waals surface area contributed by atoms with Crippen molar-refractivity contribution in [3.63, 3.8) is 0 Å². The van der Waals surface area contributed by atoms with Gasteiger partial charge in [0.15, 0.2) is 11.5 Å². The van der Waals surface area contributed by atoms with Crippen LogP contribution in [0.5, 0.6) is 11.5 Å². The number of nitrogens with one attached hydrogen (secondary N) is 1. The fraction of sp³-hybridized carbons (Fsp3) is 0.235. The highest BCUT2D eigenvalue weighted by Crippen LogP contribution is 2.36. The molecule has 0 heterocycles. The van der Waals surface area contributed by atoms with E-state index in [4.69, 9.17) is 9.47 Å². The molecule has 2 rings (SSSR count). The van der Waals surface area contributed by atoms with Crippen LogP contribution in [0.3, 0.4) is 0 Å². The molecule has 0 unspecified atom stereocenters. The van der Waals surface area contributed by atoms with Crippen molar-refractivity contribution < 1.29 is 18.7 Å². The van der Waals surface area contributed by atoms with Crippen LogP contribution in [0, 0.1) is 12.7 Å². The first-order valence-electron chi connectivity index (χ1n) is 6.91. The maximum Gasteiger partial charge on any atom is 0.251 e. The Hall–Kier alpha value is -2.08. The molecule has 0 aliphatic rings. The summed E-state index contributed by atoms with van der Waals surface area (Å²) in [7, 11) is 3.11. The van der Waals surface area contributed by atoms with Gasteiger partial charge >= 0.3 is 0 Å². The van der Waals surface area contributed by atoms with Gasteiger partial charge in [0, 0.05) is 12.1 Å². The fourth-order valence-corrected chi connectivity index (χ4v) is 2.80. The lowest BCUT2D eigenvalue weighted by atomic mass is 10.1. The fourth-order valence-electron chi connectivity index (χ4n) is 2.14. The molecule has 0 aliphatic carbocycles. The summed E-state index contributed by atoms with van der Waals surface area (Å²) in [6.07, 6.45) is 0. The smallest absolute Gasteiger partial charge is 0.251 e. The molecule has 4 nitrogen and oxygen atoms in total. The summed E-state index contributed by atoms with van der Waals surface area (Å²) in [5, 5.41) is 2.80. The molecule has 0 fully saturated rings. The van der Waals surface area contributed by atoms with E-state index in [0.29, 0.717) is 29.2 Å². The summed E-state index contributed by atoms with van der Waals surface area (Å²) in [4.78, 5) is 12.1. The van der Waals surface area contributed by atoms with Crippen LogP contribution >= 0.6 is 15.9 Å². The van der Waals surface area contributed by atoms with Crippen LogP contribution in [0.4, 0.5) is 4.39 Å². The number of benzene rings is 2. The van der Waals surface area contributed by atoms with Crippen LogP contribution in [0.1, 0.15) is 21.5 Å². The lowest BCUT2D eigenvalue weighted by Gasteiger charge is -2.12. The topological polar surface area (TPSA) is 47.6 Å². The van der Waals surface area contributed by atoms with Gasteiger partial charge in [0.2, 0.25) is 0 Å². The molecule has 2 aromatic carbocycles. The Morgan fingerprint density at radius 1 is 1.22 bits per heavy atom. The average Bonchev–Trinajstić information content (AvgIpc) is 2.54. The second-order valence-corrected chi connectivity index (χ2v) is 5.81. The van der Waals surface area contributed by atoms with Crippen LogP contribution < -0.4 is 14.8 Å². The van der Waals surface area contributed by atoms with Crippen molar-refractivity contribution in [2.45, 2.75) is 13.5 Å². The van der Waals surface area contributed by atoms with Crippen molar-refractivity contribution in [3.05, 3.63) is 57.3 Å². The lowest BCUT2D eigenvalue weighted by molar-refractivity contribution is 0.0950. The predicted molar refractivity (Wildman–Crippen MR) is 89.6 cm³/mol. The van der Waals surface area contributed by atoms with Crippen LogP contribution in [0.2, 0.25) is 0 Å². The Bertz CT molecular complexity index is 734. The van der Waals surface area contributed by atoms with Crippen LogP contribution in [0.15, 0.2) is 34.8 Å². The van der Waals surface area contributed by atoms with E-state index in [2.05, 4.69) is 21.2 Å². The summed E-state index contributed by atoms with van der Waals surface area (Å²) in [5.74, 6) is 0.574. The zero-order valence-electron chi connectivity index (χ0n) is 13.1. The van der Waals surface area contributed by atoms with Gasteiger partial charge in [-0.15, -0.1) is 0 Å². The van der Waals surface area contributed by atoms with Crippen LogP contribution in [-0.4, -0.2) is 20.1 Å². The Kier molecular flexibility index (Phi) is 5.60. The molecule has 0 saturated carbocycles. The molecule has 0 radical (unpaired) electrons. The Morgan fingerprint density at radius 3 is 2.57 bits per heavy atom. The van der Waals surface area contributed by atoms with Gasteiger partial charge < -0.3 is 14.8 Å². The minimum Gasteiger partial charge on any atom is -0.493 e. The number of ether oxygens (including phenoxy) is 2. The number of hydrogen-bond acceptors (Lipinski definition) is 3. The second-order valence-electron chi connectivity index (χ2n) is 4.96. The molecule has 0 bridgehead atoms. The molecule has 0 aromatic heterocycles. The maximum absolute atomic E-state index is 13.2. The van der Waals surface area contributed by atoms with Gasteiger partial charge in [-0.1, -0.05) is 0 Å². The van der Waals surface area contributed by atoms with E-state index in [1.165, 1.54) is 18.2 Å². The SMILES string of the molecule is COc1cc(CNC(=O)c2ccc(F)c(C)c2)cc(Br)c1OC. The third-order valence-corrected chi connectivity index (χ3v) is 3.96. The van der Waals surface area contributed by atoms with Gasteiger partial charge in [0.1, 0.15) is 5.82 Å². The quantitative estimate of drug-likeness (QED) is 0.855. The molecule has 6 heteroatoms. The molecule has 1 N–H and O–H groups in total. The predicted octanol–water partition coefficient (Wildman–Crippen LogP) is 3.84. The first-order chi connectivity index (χ1) is 11.0. The summed E-state index contributed by atoms with van der Waals surface area (Å²) in [5.41, 5.74) is 1.71. The largest absolute Gasteiger partial charge is 0.493 e. The van der Waals surface area contributed by atoms with Gasteiger partial charge in [-0.2, -0.15) is 0 Å². The molecular weight excluding hydrogens is 365 g/mol. The number of aryl methyl sites for hydroxylation is 1. The van der Waals surface area contributed by atoms with Crippen molar-refractivity contribution in [2.24, 2.45) is 0 Å². The Morgan fingerprint density at radius 2 is 1.96 bits per heavy atom. The minimum atomic E-state index is -0.328. The molecule has 0 atom stereocenters. The van der Waals surface area contributed by atoms with Gasteiger partial charge in [-0.05, 0) is 64.3 Å². The number of hydrogen-bond donors (Lipinski definition) is 1. The number of amides is 1. The van der Waals surface area contributed by atoms with Gasteiger partial charge in [0.05, 0.1) is 18.7 Å². The first kappa shape index (κ1) is 17.3. The molecule has 0 saturated heterocycles. The standard InChI is InChI=1S/C17H17BrFNO3/c1-10-6-12(4-5-14(10)19)17(21)20-9-11-7-13(18)16(23-3)15(8-11)22-2/h4-8H,9H2,1-3H3,(H,20,21). The third-order valence-electron chi connectivity index (χ3n) is 3.37. The van der Waals surface area contributed by atoms with E-state index in [9.17, 15) is 9.18 Å². The van der Waals surface area contributed by atoms with Crippen molar-refractivity contribution in [1.29, 1.82) is 0 Å². The molecule has 1 amide bonds. The maximum atomic E-state index is 13.2. The molecule has 0 aliphatic heterocycles. The monoisotopic (exact) mass is 381 g/mol. The van der Waals surface area contributed by atoms with Gasteiger partial charge in [-0.25, -0.2) is 4.39 Å². The summed E-state index contributed by atoms with van der Waals surface area (Å²) >= 11 is 3.41. The van der Waals surface area contributed by atoms with Crippen molar-refractivity contribution in [1.82, 2.24) is 5.32 Å². The average molecular weight is 382 g/mol. The van der Waals surface area contributed by atoms with E-state index in [1.54, 1.807) is 27.2 Å². The highest BCUT2D eigenvalue weighted by Gasteiger charge is 2.12. The Labute approximate surface area is 142 Å². The van der Waals surface area contributed by atoms with Gasteiger partial charge in [0.25, 0.3) is 5.91 Å². The number of methoxy groups -OCH3 is 2. The lowest BCUT2D eigenvalue weighted by Crippen LogP contribution is -2.23. The highest BCUT2D eigenvalue weighted by atomic mass is 79.9. The van der Waals surface area contributed by atoms with E-state index in [0.717, 1.165) is 10.0 Å². The van der Waals surface area contributed by atoms with Crippen LogP contribution in [0.25, 0.3) is 0 Å². The van der Waals surface area contributed by atoms with Crippen molar-refractivity contribution in [3.8, 4) is 11.5 Å². The van der Waals surface area contributed by atoms with Crippen molar-refractivity contribution >= 4 is 21.8 Å². The van der Waals surface area contributed by atoms with E-state index in [-0.39, 0.29) is 11.7 Å². The number of carbonyl (C=O) groups is 1. The molecular formula is C17H17BrFNO3. The summed E-state index contributed by atoms with van der Waals surface area (Å²) < 4.78 is 24.5. The zero-order valence-corrected chi connectivity index (χ0v) is 14.7. The van der Waals surface area contributed by atoms with E-state index in [1.807, 2.05) is 6.07 Å². The number of carbonyl (C=O) groups excluding carboxylic acids is 1. The summed E-state index contributed by atoms with van der Waals surface area (Å²) in [6.45, 7) is 1.94. The van der Waals surface area contributed by atoms with Crippen molar-refractivity contribution in [2.75, 3.05) is 14.2 Å². The minimum absolute atomic E-state index is 0.265. The van der Waals surface area contributed by atoms with Crippen LogP contribution in [-0.2, 0) is 6.54 Å². The molecule has 122 valence electrons. The third kappa shape index (κ3) is 4.01. The van der Waals surface area contributed by atoms with Gasteiger partial charge in [-0.3, -0.25) is 4.79 Å². The van der Waals surface area contributed by atoms with E-state index < -0.39 is 0 Å².